The number of para-hydroxylation sites is 1. The van der Waals surface area contributed by atoms with E-state index < -0.39 is 0 Å². The maximum Gasteiger partial charge on any atom is 0.166 e. The molecule has 262 valence electrons. The average Bonchev–Trinajstić information content (AvgIpc) is 3.83. The van der Waals surface area contributed by atoms with Crippen molar-refractivity contribution in [2.75, 3.05) is 0 Å². The van der Waals surface area contributed by atoms with Crippen LogP contribution >= 0.6 is 11.3 Å². The van der Waals surface area contributed by atoms with Gasteiger partial charge in [-0.1, -0.05) is 140 Å². The first kappa shape index (κ1) is 32.2. The van der Waals surface area contributed by atoms with E-state index in [1.165, 1.54) is 25.7 Å². The van der Waals surface area contributed by atoms with Gasteiger partial charge in [-0.25, -0.2) is 15.0 Å². The van der Waals surface area contributed by atoms with Gasteiger partial charge in [-0.2, -0.15) is 0 Å². The van der Waals surface area contributed by atoms with Crippen LogP contribution in [0.1, 0.15) is 0 Å². The molecule has 0 aliphatic heterocycles. The smallest absolute Gasteiger partial charge is 0.166 e. The second-order valence-electron chi connectivity index (χ2n) is 13.9. The van der Waals surface area contributed by atoms with Crippen molar-refractivity contribution in [3.63, 3.8) is 0 Å². The van der Waals surface area contributed by atoms with E-state index in [2.05, 4.69) is 161 Å². The van der Waals surface area contributed by atoms with Crippen LogP contribution in [0.2, 0.25) is 0 Å². The largest absolute Gasteiger partial charge is 0.307 e. The highest BCUT2D eigenvalue weighted by Gasteiger charge is 2.21. The number of thiophene rings is 1. The summed E-state index contributed by atoms with van der Waals surface area (Å²) in [6.45, 7) is 0. The molecule has 56 heavy (non-hydrogen) atoms. The van der Waals surface area contributed by atoms with E-state index in [1.54, 1.807) is 0 Å². The molecule has 0 aliphatic carbocycles. The third kappa shape index (κ3) is 5.38. The molecular formula is C50H31N5S. The first-order valence-electron chi connectivity index (χ1n) is 18.6. The lowest BCUT2D eigenvalue weighted by Crippen LogP contribution is -2.04. The van der Waals surface area contributed by atoms with Crippen LogP contribution in [-0.2, 0) is 0 Å². The minimum Gasteiger partial charge on any atom is -0.307 e. The molecule has 0 N–H and O–H groups in total. The van der Waals surface area contributed by atoms with Crippen LogP contribution in [0.4, 0.5) is 0 Å². The zero-order valence-corrected chi connectivity index (χ0v) is 30.9. The number of benzene rings is 7. The Morgan fingerprint density at radius 3 is 1.89 bits per heavy atom. The van der Waals surface area contributed by atoms with Gasteiger partial charge in [0.2, 0.25) is 0 Å². The predicted molar refractivity (Wildman–Crippen MR) is 232 cm³/mol. The fourth-order valence-corrected chi connectivity index (χ4v) is 9.17. The summed E-state index contributed by atoms with van der Waals surface area (Å²) in [6, 6.07) is 61.7. The van der Waals surface area contributed by atoms with Crippen LogP contribution in [0.5, 0.6) is 0 Å². The molecule has 5 nitrogen and oxygen atoms in total. The first-order chi connectivity index (χ1) is 27.8. The highest BCUT2D eigenvalue weighted by atomic mass is 32.1. The van der Waals surface area contributed by atoms with Gasteiger partial charge in [0.25, 0.3) is 0 Å². The summed E-state index contributed by atoms with van der Waals surface area (Å²) in [5, 5.41) is 4.86. The summed E-state index contributed by atoms with van der Waals surface area (Å²) in [5.74, 6) is 1.82. The predicted octanol–water partition coefficient (Wildman–Crippen LogP) is 13.1. The topological polar surface area (TPSA) is 56.5 Å². The van der Waals surface area contributed by atoms with Crippen molar-refractivity contribution in [3.05, 3.63) is 188 Å². The van der Waals surface area contributed by atoms with Crippen molar-refractivity contribution in [3.8, 4) is 62.1 Å². The van der Waals surface area contributed by atoms with Crippen LogP contribution < -0.4 is 0 Å². The fourth-order valence-electron chi connectivity index (χ4n) is 7.94. The van der Waals surface area contributed by atoms with Gasteiger partial charge >= 0.3 is 0 Å². The summed E-state index contributed by atoms with van der Waals surface area (Å²) in [5.41, 5.74) is 10.3. The van der Waals surface area contributed by atoms with E-state index in [9.17, 15) is 0 Å². The Hall–Kier alpha value is -7.28. The van der Waals surface area contributed by atoms with Gasteiger partial charge in [-0.15, -0.1) is 11.3 Å². The van der Waals surface area contributed by atoms with Crippen molar-refractivity contribution in [2.24, 2.45) is 0 Å². The van der Waals surface area contributed by atoms with Crippen LogP contribution in [0, 0.1) is 0 Å². The van der Waals surface area contributed by atoms with Crippen molar-refractivity contribution in [2.45, 2.75) is 0 Å². The standard InChI is InChI=1S/C50H31N5S/c1-3-13-32(14-4-1)34-25-26-42(44(30-34)55-43-23-9-7-19-38(43)39-27-28-51-31-45(39)55)50-53-48(33-15-5-2-6-16-33)52-49(54-50)36-18-11-17-35(29-36)37-21-12-22-41-40-20-8-10-24-46(40)56-47(37)41/h1-31H. The lowest BCUT2D eigenvalue weighted by molar-refractivity contribution is 1.06. The maximum absolute atomic E-state index is 5.32. The summed E-state index contributed by atoms with van der Waals surface area (Å²) in [6.07, 6.45) is 3.81. The number of aromatic nitrogens is 5. The zero-order chi connectivity index (χ0) is 37.0. The number of fused-ring (bicyclic) bond motifs is 6. The molecule has 11 aromatic rings. The first-order valence-corrected chi connectivity index (χ1v) is 19.4. The van der Waals surface area contributed by atoms with Gasteiger partial charge in [0.15, 0.2) is 17.5 Å². The number of hydrogen-bond donors (Lipinski definition) is 0. The van der Waals surface area contributed by atoms with Crippen molar-refractivity contribution >= 4 is 53.3 Å². The second kappa shape index (κ2) is 13.2. The van der Waals surface area contributed by atoms with Crippen LogP contribution in [-0.4, -0.2) is 24.5 Å². The SMILES string of the molecule is c1ccc(-c2ccc(-c3nc(-c4ccccc4)nc(-c4cccc(-c5cccc6c5sc5ccccc56)c4)n3)c(-n3c4ccccc4c4ccncc43)c2)cc1. The molecule has 0 spiro atoms. The number of rotatable bonds is 6. The Labute approximate surface area is 326 Å². The van der Waals surface area contributed by atoms with E-state index in [1.807, 2.05) is 48.0 Å². The Bertz CT molecular complexity index is 3200. The molecule has 6 heteroatoms. The molecule has 0 aliphatic rings. The van der Waals surface area contributed by atoms with E-state index in [0.717, 1.165) is 60.9 Å². The molecule has 0 amide bonds. The van der Waals surface area contributed by atoms with Gasteiger partial charge in [-0.05, 0) is 58.7 Å². The lowest BCUT2D eigenvalue weighted by Gasteiger charge is -2.16. The minimum absolute atomic E-state index is 0.593. The van der Waals surface area contributed by atoms with Crippen molar-refractivity contribution in [1.82, 2.24) is 24.5 Å². The van der Waals surface area contributed by atoms with Crippen LogP contribution in [0.15, 0.2) is 188 Å². The van der Waals surface area contributed by atoms with Crippen LogP contribution in [0.3, 0.4) is 0 Å². The van der Waals surface area contributed by atoms with Gasteiger partial charge < -0.3 is 4.57 Å². The molecule has 7 aromatic carbocycles. The molecule has 0 fully saturated rings. The molecule has 11 rings (SSSR count). The number of nitrogens with zero attached hydrogens (tertiary/aromatic N) is 5. The molecule has 4 aromatic heterocycles. The molecule has 4 heterocycles. The molecule has 0 bridgehead atoms. The highest BCUT2D eigenvalue weighted by Crippen LogP contribution is 2.41. The Morgan fingerprint density at radius 2 is 1.04 bits per heavy atom. The summed E-state index contributed by atoms with van der Waals surface area (Å²) < 4.78 is 4.86. The fraction of sp³-hybridized carbons (Fsp3) is 0. The monoisotopic (exact) mass is 733 g/mol. The Kier molecular flexibility index (Phi) is 7.60. The van der Waals surface area contributed by atoms with E-state index >= 15 is 0 Å². The summed E-state index contributed by atoms with van der Waals surface area (Å²) in [4.78, 5) is 20.3. The molecule has 0 atom stereocenters. The third-order valence-corrected chi connectivity index (χ3v) is 11.8. The molecule has 0 saturated heterocycles. The summed E-state index contributed by atoms with van der Waals surface area (Å²) in [7, 11) is 0. The summed E-state index contributed by atoms with van der Waals surface area (Å²) >= 11 is 1.84. The molecule has 0 radical (unpaired) electrons. The maximum atomic E-state index is 5.32. The van der Waals surface area contributed by atoms with E-state index in [-0.39, 0.29) is 0 Å². The van der Waals surface area contributed by atoms with Gasteiger partial charge in [0.1, 0.15) is 0 Å². The zero-order valence-electron chi connectivity index (χ0n) is 30.0. The number of hydrogen-bond acceptors (Lipinski definition) is 5. The second-order valence-corrected chi connectivity index (χ2v) is 14.9. The Balaban J connectivity index is 1.15. The van der Waals surface area contributed by atoms with Crippen molar-refractivity contribution < 1.29 is 0 Å². The van der Waals surface area contributed by atoms with Gasteiger partial charge in [0.05, 0.1) is 22.9 Å². The average molecular weight is 734 g/mol. The quantitative estimate of drug-likeness (QED) is 0.171. The third-order valence-electron chi connectivity index (χ3n) is 10.6. The van der Waals surface area contributed by atoms with E-state index in [0.29, 0.717) is 17.5 Å². The molecular weight excluding hydrogens is 703 g/mol. The number of pyridine rings is 1. The van der Waals surface area contributed by atoms with E-state index in [4.69, 9.17) is 15.0 Å². The highest BCUT2D eigenvalue weighted by molar-refractivity contribution is 7.26. The van der Waals surface area contributed by atoms with Crippen molar-refractivity contribution in [1.29, 1.82) is 0 Å². The van der Waals surface area contributed by atoms with Crippen LogP contribution in [0.25, 0.3) is 104 Å². The normalized spacial score (nSPS) is 11.6. The minimum atomic E-state index is 0.593. The van der Waals surface area contributed by atoms with Gasteiger partial charge in [-0.3, -0.25) is 4.98 Å². The lowest BCUT2D eigenvalue weighted by atomic mass is 10.00. The molecule has 0 saturated carbocycles. The molecule has 0 unspecified atom stereocenters. The Morgan fingerprint density at radius 1 is 0.393 bits per heavy atom. The van der Waals surface area contributed by atoms with Gasteiger partial charge in [0, 0.05) is 53.8 Å².